The van der Waals surface area contributed by atoms with Crippen LogP contribution in [0.2, 0.25) is 0 Å². The third-order valence-electron chi connectivity index (χ3n) is 8.77. The van der Waals surface area contributed by atoms with E-state index in [2.05, 4.69) is 149 Å². The van der Waals surface area contributed by atoms with Gasteiger partial charge in [-0.2, -0.15) is 0 Å². The molecule has 0 N–H and O–H groups in total. The number of benzene rings is 4. The molecular formula is C39H48O2P2. The van der Waals surface area contributed by atoms with E-state index in [1.165, 1.54) is 54.8 Å². The molecule has 0 unspecified atom stereocenters. The van der Waals surface area contributed by atoms with Crippen LogP contribution in [0.25, 0.3) is 21.9 Å². The summed E-state index contributed by atoms with van der Waals surface area (Å²) < 4.78 is 14.5. The van der Waals surface area contributed by atoms with Crippen LogP contribution in [0.3, 0.4) is 0 Å². The molecule has 43 heavy (non-hydrogen) atoms. The van der Waals surface area contributed by atoms with Crippen molar-refractivity contribution in [2.24, 2.45) is 0 Å². The van der Waals surface area contributed by atoms with Gasteiger partial charge in [-0.05, 0) is 85.0 Å². The molecule has 0 aliphatic rings. The van der Waals surface area contributed by atoms with E-state index < -0.39 is 15.9 Å². The lowest BCUT2D eigenvalue weighted by atomic mass is 9.81. The molecule has 2 nitrogen and oxygen atoms in total. The second kappa shape index (κ2) is 12.0. The largest absolute Gasteiger partial charge is 0.419 e. The average Bonchev–Trinajstić information content (AvgIpc) is 3.10. The molecule has 0 aliphatic heterocycles. The quantitative estimate of drug-likeness (QED) is 0.185. The van der Waals surface area contributed by atoms with Crippen molar-refractivity contribution in [3.8, 4) is 0 Å². The van der Waals surface area contributed by atoms with Crippen molar-refractivity contribution in [2.75, 3.05) is 0 Å². The molecule has 0 fully saturated rings. The van der Waals surface area contributed by atoms with Crippen LogP contribution >= 0.6 is 15.9 Å². The average molecular weight is 611 g/mol. The molecule has 0 amide bonds. The summed E-state index contributed by atoms with van der Waals surface area (Å²) in [6.45, 7) is 25.2. The van der Waals surface area contributed by atoms with Gasteiger partial charge in [0.1, 0.15) is 11.2 Å². The Hall–Kier alpha value is -2.79. The first-order chi connectivity index (χ1) is 20.2. The zero-order valence-electron chi connectivity index (χ0n) is 27.9. The minimum atomic E-state index is -1.28. The van der Waals surface area contributed by atoms with Crippen LogP contribution in [0.4, 0.5) is 0 Å². The number of fused-ring (bicyclic) bond motifs is 3. The van der Waals surface area contributed by atoms with Gasteiger partial charge < -0.3 is 8.39 Å². The van der Waals surface area contributed by atoms with Crippen molar-refractivity contribution in [2.45, 2.75) is 98.8 Å². The number of aryl methyl sites for hydroxylation is 4. The molecular weight excluding hydrogens is 562 g/mol. The van der Waals surface area contributed by atoms with Crippen molar-refractivity contribution in [3.63, 3.8) is 0 Å². The van der Waals surface area contributed by atoms with Crippen molar-refractivity contribution >= 4 is 48.5 Å². The van der Waals surface area contributed by atoms with Crippen LogP contribution in [-0.2, 0) is 17.0 Å². The maximum Gasteiger partial charge on any atom is 0.217 e. The Labute approximate surface area is 261 Å². The van der Waals surface area contributed by atoms with E-state index >= 15 is 0 Å². The molecule has 0 radical (unpaired) electrons. The Balaban J connectivity index is 1.87. The van der Waals surface area contributed by atoms with Crippen LogP contribution in [-0.4, -0.2) is 5.66 Å². The highest BCUT2D eigenvalue weighted by Gasteiger charge is 2.28. The predicted molar refractivity (Wildman–Crippen MR) is 191 cm³/mol. The first-order valence-corrected chi connectivity index (χ1v) is 18.3. The number of hydrogen-bond donors (Lipinski definition) is 0. The maximum atomic E-state index is 7.24. The Morgan fingerprint density at radius 2 is 1.00 bits per heavy atom. The molecule has 4 heteroatoms. The molecule has 5 aromatic rings. The van der Waals surface area contributed by atoms with Gasteiger partial charge >= 0.3 is 0 Å². The van der Waals surface area contributed by atoms with Crippen molar-refractivity contribution in [1.82, 2.24) is 0 Å². The lowest BCUT2D eigenvalue weighted by Crippen LogP contribution is -2.20. The third kappa shape index (κ3) is 6.25. The minimum Gasteiger partial charge on any atom is -0.419 e. The van der Waals surface area contributed by atoms with Crippen LogP contribution in [0, 0.1) is 27.7 Å². The highest BCUT2D eigenvalue weighted by Crippen LogP contribution is 2.50. The summed E-state index contributed by atoms with van der Waals surface area (Å²) in [7, 11) is -1.89. The van der Waals surface area contributed by atoms with Crippen molar-refractivity contribution in [1.29, 1.82) is 0 Å². The molecule has 0 aliphatic carbocycles. The lowest BCUT2D eigenvalue weighted by Gasteiger charge is -2.25. The highest BCUT2D eigenvalue weighted by molar-refractivity contribution is 7.74. The number of rotatable bonds is 5. The van der Waals surface area contributed by atoms with E-state index in [1.807, 2.05) is 0 Å². The van der Waals surface area contributed by atoms with Crippen LogP contribution in [0.15, 0.2) is 81.2 Å². The lowest BCUT2D eigenvalue weighted by molar-refractivity contribution is 0.564. The van der Waals surface area contributed by atoms with Gasteiger partial charge in [0.25, 0.3) is 0 Å². The molecule has 0 spiro atoms. The maximum absolute atomic E-state index is 7.24. The van der Waals surface area contributed by atoms with Gasteiger partial charge in [0, 0.05) is 21.9 Å². The van der Waals surface area contributed by atoms with Crippen LogP contribution < -0.4 is 10.6 Å². The zero-order valence-corrected chi connectivity index (χ0v) is 29.7. The standard InChI is InChI=1S/C39H48O2P2/c1-25-22-32(38(6,7)8)36-34(28(25)4)35-29(5)26(2)23-33(39(9,10)11)37(35)41-42(40-36)24-27(3)43(30-18-14-12-15-19-30)31-20-16-13-17-21-31/h12-23,27H,24H2,1-11H3/t27-/m1/s1. The molecule has 4 aromatic carbocycles. The molecule has 0 bridgehead atoms. The monoisotopic (exact) mass is 610 g/mol. The summed E-state index contributed by atoms with van der Waals surface area (Å²) >= 11 is 0. The summed E-state index contributed by atoms with van der Waals surface area (Å²) in [5.74, 6) is 0. The van der Waals surface area contributed by atoms with Crippen LogP contribution in [0.1, 0.15) is 81.8 Å². The first kappa shape index (κ1) is 31.6. The van der Waals surface area contributed by atoms with Crippen LogP contribution in [0.5, 0.6) is 0 Å². The Kier molecular flexibility index (Phi) is 8.79. The summed E-state index contributed by atoms with van der Waals surface area (Å²) in [5.41, 5.74) is 9.91. The molecule has 1 heterocycles. The Morgan fingerprint density at radius 1 is 0.628 bits per heavy atom. The van der Waals surface area contributed by atoms with E-state index in [0.29, 0.717) is 5.66 Å². The van der Waals surface area contributed by atoms with Gasteiger partial charge in [-0.15, -0.1) is 0 Å². The summed E-state index contributed by atoms with van der Waals surface area (Å²) in [4.78, 5) is 0. The SMILES string of the molecule is Cc1cc(C(C)(C)C)c2op(C[C@@H](C)P(c3ccccc3)c3ccccc3)oc3c(C(C)(C)C)cc(C)c(C)c3c2c1C. The van der Waals surface area contributed by atoms with Gasteiger partial charge in [-0.1, -0.05) is 121 Å². The molecule has 1 atom stereocenters. The van der Waals surface area contributed by atoms with Crippen molar-refractivity contribution < 1.29 is 8.39 Å². The third-order valence-corrected chi connectivity index (χ3v) is 13.5. The fraction of sp³-hybridized carbons (Fsp3) is 0.385. The van der Waals surface area contributed by atoms with E-state index in [0.717, 1.165) is 17.3 Å². The second-order valence-corrected chi connectivity index (χ2v) is 18.3. The fourth-order valence-electron chi connectivity index (χ4n) is 6.12. The van der Waals surface area contributed by atoms with Gasteiger partial charge in [0.2, 0.25) is 8.01 Å². The smallest absolute Gasteiger partial charge is 0.217 e. The van der Waals surface area contributed by atoms with E-state index in [-0.39, 0.29) is 10.8 Å². The predicted octanol–water partition coefficient (Wildman–Crippen LogP) is 11.6. The molecule has 1 aromatic heterocycles. The second-order valence-electron chi connectivity index (χ2n) is 14.2. The summed E-state index contributed by atoms with van der Waals surface area (Å²) in [6, 6.07) is 26.7. The molecule has 0 saturated carbocycles. The molecule has 0 saturated heterocycles. The fourth-order valence-corrected chi connectivity index (χ4v) is 10.9. The van der Waals surface area contributed by atoms with E-state index in [1.54, 1.807) is 0 Å². The highest BCUT2D eigenvalue weighted by atomic mass is 31.1. The zero-order chi connectivity index (χ0) is 31.3. The minimum absolute atomic E-state index is 0.0784. The van der Waals surface area contributed by atoms with Gasteiger partial charge in [-0.25, -0.2) is 0 Å². The topological polar surface area (TPSA) is 26.3 Å². The molecule has 226 valence electrons. The van der Waals surface area contributed by atoms with E-state index in [9.17, 15) is 0 Å². The molecule has 5 rings (SSSR count). The van der Waals surface area contributed by atoms with E-state index in [4.69, 9.17) is 8.39 Å². The summed E-state index contributed by atoms with van der Waals surface area (Å²) in [5, 5.41) is 5.23. The first-order valence-electron chi connectivity index (χ1n) is 15.5. The van der Waals surface area contributed by atoms with Crippen molar-refractivity contribution in [3.05, 3.63) is 106 Å². The number of hydrogen-bond acceptors (Lipinski definition) is 2. The van der Waals surface area contributed by atoms with Gasteiger partial charge in [0.05, 0.1) is 6.16 Å². The van der Waals surface area contributed by atoms with Gasteiger partial charge in [-0.3, -0.25) is 0 Å². The van der Waals surface area contributed by atoms with Gasteiger partial charge in [0.15, 0.2) is 0 Å². The normalized spacial score (nSPS) is 13.2. The Bertz CT molecular complexity index is 1680. The Morgan fingerprint density at radius 3 is 1.35 bits per heavy atom. The summed E-state index contributed by atoms with van der Waals surface area (Å²) in [6.07, 6.45) is 0.844.